The van der Waals surface area contributed by atoms with Crippen LogP contribution in [0.4, 0.5) is 0 Å². The molecule has 12 heteroatoms. The largest absolute Gasteiger partial charge is 0.480 e. The first-order chi connectivity index (χ1) is 25.9. The Bertz CT molecular complexity index is 1040. The van der Waals surface area contributed by atoms with Gasteiger partial charge in [0.2, 0.25) is 17.7 Å². The summed E-state index contributed by atoms with van der Waals surface area (Å²) in [5.41, 5.74) is 5.43. The fourth-order valence-electron chi connectivity index (χ4n) is 6.14. The number of nitrogens with one attached hydrogen (secondary N) is 3. The fraction of sp³-hybridized carbons (Fsp3) is 0.833. The average Bonchev–Trinajstić information content (AvgIpc) is 3.12. The molecule has 0 bridgehead atoms. The SMILES string of the molecule is CC(C)CCCCCCCC/C=C\CCC(=O)OC(CCCCCCCCCCC(C)C)CC(=O)NCC(=O)NC(CO)C(=O)NC(CCCN)C(=O)O. The van der Waals surface area contributed by atoms with E-state index in [1.807, 2.05) is 6.08 Å². The summed E-state index contributed by atoms with van der Waals surface area (Å²) in [4.78, 5) is 62.1. The number of carbonyl (C=O) groups is 5. The van der Waals surface area contributed by atoms with Crippen LogP contribution in [0.3, 0.4) is 0 Å². The van der Waals surface area contributed by atoms with Gasteiger partial charge in [0, 0.05) is 6.42 Å². The number of ether oxygens (including phenoxy) is 1. The van der Waals surface area contributed by atoms with E-state index < -0.39 is 55.0 Å². The summed E-state index contributed by atoms with van der Waals surface area (Å²) < 4.78 is 5.75. The van der Waals surface area contributed by atoms with E-state index in [1.54, 1.807) is 0 Å². The number of aliphatic hydroxyl groups is 1. The quantitative estimate of drug-likeness (QED) is 0.0224. The molecule has 0 aliphatic heterocycles. The van der Waals surface area contributed by atoms with E-state index in [-0.39, 0.29) is 31.8 Å². The molecule has 54 heavy (non-hydrogen) atoms. The molecule has 0 spiro atoms. The Hall–Kier alpha value is -2.99. The summed E-state index contributed by atoms with van der Waals surface area (Å²) in [5.74, 6) is -2.17. The highest BCUT2D eigenvalue weighted by Crippen LogP contribution is 2.17. The van der Waals surface area contributed by atoms with Gasteiger partial charge in [0.25, 0.3) is 0 Å². The Morgan fingerprint density at radius 2 is 1.15 bits per heavy atom. The Balaban J connectivity index is 4.81. The van der Waals surface area contributed by atoms with E-state index in [0.29, 0.717) is 19.3 Å². The number of allylic oxidation sites excluding steroid dienone is 2. The van der Waals surface area contributed by atoms with Crippen molar-refractivity contribution in [3.05, 3.63) is 12.2 Å². The number of hydrogen-bond donors (Lipinski definition) is 6. The first-order valence-corrected chi connectivity index (χ1v) is 21.1. The molecule has 0 aromatic rings. The molecule has 0 saturated carbocycles. The molecule has 3 unspecified atom stereocenters. The van der Waals surface area contributed by atoms with Crippen molar-refractivity contribution in [2.24, 2.45) is 17.6 Å². The molecule has 314 valence electrons. The maximum absolute atomic E-state index is 12.8. The molecular formula is C42H78N4O8. The van der Waals surface area contributed by atoms with Crippen LogP contribution < -0.4 is 21.7 Å². The first-order valence-electron chi connectivity index (χ1n) is 21.1. The third kappa shape index (κ3) is 31.4. The van der Waals surface area contributed by atoms with Crippen LogP contribution in [0.15, 0.2) is 12.2 Å². The lowest BCUT2D eigenvalue weighted by Crippen LogP contribution is -2.54. The van der Waals surface area contributed by atoms with Gasteiger partial charge in [-0.15, -0.1) is 0 Å². The summed E-state index contributed by atoms with van der Waals surface area (Å²) in [7, 11) is 0. The molecule has 0 aromatic heterocycles. The zero-order valence-corrected chi connectivity index (χ0v) is 34.3. The van der Waals surface area contributed by atoms with Gasteiger partial charge in [-0.25, -0.2) is 4.79 Å². The van der Waals surface area contributed by atoms with Crippen LogP contribution in [0, 0.1) is 11.8 Å². The molecule has 0 aliphatic carbocycles. The summed E-state index contributed by atoms with van der Waals surface area (Å²) in [6, 6.07) is -2.62. The highest BCUT2D eigenvalue weighted by Gasteiger charge is 2.26. The second-order valence-corrected chi connectivity index (χ2v) is 15.6. The third-order valence-electron chi connectivity index (χ3n) is 9.44. The number of carboxylic acid groups (broad SMARTS) is 1. The normalized spacial score (nSPS) is 13.2. The molecule has 7 N–H and O–H groups in total. The number of amides is 3. The van der Waals surface area contributed by atoms with Crippen LogP contribution in [0.1, 0.15) is 175 Å². The lowest BCUT2D eigenvalue weighted by atomic mass is 10.0. The lowest BCUT2D eigenvalue weighted by Gasteiger charge is -2.20. The second kappa shape index (κ2) is 34.5. The predicted octanol–water partition coefficient (Wildman–Crippen LogP) is 6.86. The topological polar surface area (TPSA) is 197 Å². The molecule has 3 atom stereocenters. The number of unbranched alkanes of at least 4 members (excludes halogenated alkanes) is 13. The minimum Gasteiger partial charge on any atom is -0.480 e. The monoisotopic (exact) mass is 767 g/mol. The molecule has 0 heterocycles. The number of nitrogens with two attached hydrogens (primary N) is 1. The van der Waals surface area contributed by atoms with Gasteiger partial charge in [0.15, 0.2) is 0 Å². The van der Waals surface area contributed by atoms with Crippen molar-refractivity contribution < 1.29 is 38.9 Å². The van der Waals surface area contributed by atoms with Gasteiger partial charge in [-0.3, -0.25) is 19.2 Å². The Labute approximate surface area is 327 Å². The van der Waals surface area contributed by atoms with Crippen LogP contribution in [0.2, 0.25) is 0 Å². The summed E-state index contributed by atoms with van der Waals surface area (Å²) in [6.45, 7) is 8.06. The van der Waals surface area contributed by atoms with Crippen LogP contribution in [0.5, 0.6) is 0 Å². The number of rotatable bonds is 36. The molecule has 12 nitrogen and oxygen atoms in total. The molecule has 0 aliphatic rings. The Morgan fingerprint density at radius 1 is 0.630 bits per heavy atom. The first kappa shape index (κ1) is 51.0. The van der Waals surface area contributed by atoms with Crippen LogP contribution in [-0.2, 0) is 28.7 Å². The molecule has 3 amide bonds. The number of aliphatic hydroxyl groups excluding tert-OH is 1. The van der Waals surface area contributed by atoms with Gasteiger partial charge >= 0.3 is 11.9 Å². The van der Waals surface area contributed by atoms with Crippen LogP contribution in [0.25, 0.3) is 0 Å². The van der Waals surface area contributed by atoms with E-state index in [2.05, 4.69) is 49.7 Å². The lowest BCUT2D eigenvalue weighted by molar-refractivity contribution is -0.151. The number of carboxylic acids is 1. The minimum absolute atomic E-state index is 0.0969. The minimum atomic E-state index is -1.40. The van der Waals surface area contributed by atoms with Crippen molar-refractivity contribution in [1.82, 2.24) is 16.0 Å². The van der Waals surface area contributed by atoms with Gasteiger partial charge in [0.05, 0.1) is 19.6 Å². The van der Waals surface area contributed by atoms with Gasteiger partial charge in [-0.05, 0) is 63.3 Å². The number of aliphatic carboxylic acids is 1. The summed E-state index contributed by atoms with van der Waals surface area (Å²) >= 11 is 0. The summed E-state index contributed by atoms with van der Waals surface area (Å²) in [5, 5.41) is 26.1. The molecule has 0 saturated heterocycles. The number of hydrogen-bond acceptors (Lipinski definition) is 8. The van der Waals surface area contributed by atoms with Gasteiger partial charge < -0.3 is 36.6 Å². The Morgan fingerprint density at radius 3 is 1.67 bits per heavy atom. The molecule has 0 radical (unpaired) electrons. The summed E-state index contributed by atoms with van der Waals surface area (Å²) in [6.07, 6.45) is 25.4. The zero-order chi connectivity index (χ0) is 40.4. The smallest absolute Gasteiger partial charge is 0.326 e. The average molecular weight is 767 g/mol. The van der Waals surface area contributed by atoms with E-state index >= 15 is 0 Å². The van der Waals surface area contributed by atoms with Gasteiger partial charge in [-0.2, -0.15) is 0 Å². The number of esters is 1. The standard InChI is InChI=1S/C42H78N4O8/c1-33(2)24-19-15-11-7-5-6-8-14-18-22-28-40(50)54-35(26-21-17-13-10-9-12-16-20-25-34(3)4)30-38(48)44-31-39(49)45-37(32-47)41(51)46-36(42(52)53)27-23-29-43/h14,18,33-37,47H,5-13,15-17,19-32,43H2,1-4H3,(H,44,48)(H,45,49)(H,46,51)(H,52,53)/b18-14-. The van der Waals surface area contributed by atoms with E-state index in [0.717, 1.165) is 50.4 Å². The van der Waals surface area contributed by atoms with Crippen LogP contribution >= 0.6 is 0 Å². The predicted molar refractivity (Wildman–Crippen MR) is 216 cm³/mol. The van der Waals surface area contributed by atoms with E-state index in [9.17, 15) is 34.2 Å². The van der Waals surface area contributed by atoms with Crippen LogP contribution in [-0.4, -0.2) is 77.8 Å². The Kier molecular flexibility index (Phi) is 32.6. The fourth-order valence-corrected chi connectivity index (χ4v) is 6.14. The van der Waals surface area contributed by atoms with E-state index in [1.165, 1.54) is 70.6 Å². The molecule has 0 fully saturated rings. The highest BCUT2D eigenvalue weighted by atomic mass is 16.5. The maximum atomic E-state index is 12.8. The van der Waals surface area contributed by atoms with Crippen molar-refractivity contribution in [2.75, 3.05) is 19.7 Å². The van der Waals surface area contributed by atoms with Gasteiger partial charge in [0.1, 0.15) is 18.2 Å². The number of carbonyl (C=O) groups excluding carboxylic acids is 4. The zero-order valence-electron chi connectivity index (χ0n) is 34.3. The van der Waals surface area contributed by atoms with Crippen molar-refractivity contribution in [2.45, 2.75) is 194 Å². The van der Waals surface area contributed by atoms with Gasteiger partial charge in [-0.1, -0.05) is 130 Å². The van der Waals surface area contributed by atoms with Crippen molar-refractivity contribution in [1.29, 1.82) is 0 Å². The molecule has 0 rings (SSSR count). The van der Waals surface area contributed by atoms with Crippen molar-refractivity contribution in [3.8, 4) is 0 Å². The maximum Gasteiger partial charge on any atom is 0.326 e. The second-order valence-electron chi connectivity index (χ2n) is 15.6. The molecular weight excluding hydrogens is 688 g/mol. The highest BCUT2D eigenvalue weighted by molar-refractivity contribution is 5.92. The van der Waals surface area contributed by atoms with E-state index in [4.69, 9.17) is 10.5 Å². The van der Waals surface area contributed by atoms with Crippen molar-refractivity contribution >= 4 is 29.7 Å². The van der Waals surface area contributed by atoms with Crippen molar-refractivity contribution in [3.63, 3.8) is 0 Å². The molecule has 0 aromatic carbocycles. The third-order valence-corrected chi connectivity index (χ3v) is 9.44.